The molecule has 1 aliphatic heterocycles. The van der Waals surface area contributed by atoms with Gasteiger partial charge >= 0.3 is 0 Å². The molecule has 1 aromatic rings. The van der Waals surface area contributed by atoms with E-state index in [1.165, 1.54) is 32.1 Å². The van der Waals surface area contributed by atoms with Gasteiger partial charge in [-0.3, -0.25) is 4.79 Å². The van der Waals surface area contributed by atoms with Crippen LogP contribution in [0.4, 0.5) is 0 Å². The fraction of sp³-hybridized carbons (Fsp3) is 0.438. The van der Waals surface area contributed by atoms with Gasteiger partial charge in [0.1, 0.15) is 12.4 Å². The van der Waals surface area contributed by atoms with Crippen LogP contribution >= 0.6 is 0 Å². The summed E-state index contributed by atoms with van der Waals surface area (Å²) in [4.78, 5) is 12.3. The zero-order chi connectivity index (χ0) is 12.4. The molecular formula is C16H18O2. The van der Waals surface area contributed by atoms with Crippen LogP contribution in [0.3, 0.4) is 0 Å². The molecule has 0 atom stereocenters. The van der Waals surface area contributed by atoms with E-state index >= 15 is 0 Å². The lowest BCUT2D eigenvalue weighted by molar-refractivity contribution is 0.0997. The maximum atomic E-state index is 12.3. The minimum absolute atomic E-state index is 0.155. The van der Waals surface area contributed by atoms with E-state index < -0.39 is 0 Å². The van der Waals surface area contributed by atoms with E-state index in [-0.39, 0.29) is 5.78 Å². The predicted molar refractivity (Wildman–Crippen MR) is 70.9 cm³/mol. The summed E-state index contributed by atoms with van der Waals surface area (Å²) < 4.78 is 5.66. The highest BCUT2D eigenvalue weighted by atomic mass is 16.5. The Morgan fingerprint density at radius 1 is 1.11 bits per heavy atom. The predicted octanol–water partition coefficient (Wildman–Crippen LogP) is 3.77. The molecule has 0 aromatic heterocycles. The Labute approximate surface area is 108 Å². The molecule has 2 nitrogen and oxygen atoms in total. The van der Waals surface area contributed by atoms with Gasteiger partial charge in [-0.25, -0.2) is 0 Å². The second-order valence-corrected chi connectivity index (χ2v) is 5.20. The third-order valence-corrected chi connectivity index (χ3v) is 3.89. The SMILES string of the molecule is O=C1/C(=C/C2CCCCC2)COc2ccccc21. The third kappa shape index (κ3) is 2.20. The molecule has 0 unspecified atom stereocenters. The number of hydrogen-bond donors (Lipinski definition) is 0. The van der Waals surface area contributed by atoms with Crippen LogP contribution in [0.1, 0.15) is 42.5 Å². The number of carbonyl (C=O) groups is 1. The monoisotopic (exact) mass is 242 g/mol. The van der Waals surface area contributed by atoms with Crippen LogP contribution in [0.15, 0.2) is 35.9 Å². The normalized spacial score (nSPS) is 22.7. The lowest BCUT2D eigenvalue weighted by Gasteiger charge is -2.22. The summed E-state index contributed by atoms with van der Waals surface area (Å²) in [6.07, 6.45) is 8.53. The Balaban J connectivity index is 1.83. The highest BCUT2D eigenvalue weighted by Crippen LogP contribution is 2.30. The Hall–Kier alpha value is -1.57. The maximum Gasteiger partial charge on any atom is 0.195 e. The number of ether oxygens (including phenoxy) is 1. The molecule has 1 aromatic carbocycles. The van der Waals surface area contributed by atoms with Crippen molar-refractivity contribution in [1.29, 1.82) is 0 Å². The largest absolute Gasteiger partial charge is 0.488 e. The number of ketones is 1. The van der Waals surface area contributed by atoms with Crippen LogP contribution < -0.4 is 4.74 Å². The molecule has 94 valence electrons. The molecule has 2 aliphatic rings. The van der Waals surface area contributed by atoms with Gasteiger partial charge in [0.2, 0.25) is 0 Å². The van der Waals surface area contributed by atoms with Gasteiger partial charge in [-0.2, -0.15) is 0 Å². The second kappa shape index (κ2) is 4.97. The average Bonchev–Trinajstić information content (AvgIpc) is 2.43. The maximum absolute atomic E-state index is 12.3. The lowest BCUT2D eigenvalue weighted by Crippen LogP contribution is -2.20. The molecule has 0 amide bonds. The van der Waals surface area contributed by atoms with Gasteiger partial charge in [-0.1, -0.05) is 37.5 Å². The Morgan fingerprint density at radius 3 is 2.72 bits per heavy atom. The third-order valence-electron chi connectivity index (χ3n) is 3.89. The molecule has 0 N–H and O–H groups in total. The summed E-state index contributed by atoms with van der Waals surface area (Å²) >= 11 is 0. The number of hydrogen-bond acceptors (Lipinski definition) is 2. The first-order chi connectivity index (χ1) is 8.84. The van der Waals surface area contributed by atoms with Crippen LogP contribution in [0.2, 0.25) is 0 Å². The second-order valence-electron chi connectivity index (χ2n) is 5.20. The molecule has 1 fully saturated rings. The van der Waals surface area contributed by atoms with Gasteiger partial charge in [0, 0.05) is 5.57 Å². The van der Waals surface area contributed by atoms with Crippen molar-refractivity contribution in [3.8, 4) is 5.75 Å². The van der Waals surface area contributed by atoms with Crippen molar-refractivity contribution in [3.63, 3.8) is 0 Å². The minimum Gasteiger partial charge on any atom is -0.488 e. The molecule has 1 heterocycles. The molecule has 3 rings (SSSR count). The fourth-order valence-corrected chi connectivity index (χ4v) is 2.88. The summed E-state index contributed by atoms with van der Waals surface area (Å²) in [6.45, 7) is 0.437. The van der Waals surface area contributed by atoms with Crippen molar-refractivity contribution in [3.05, 3.63) is 41.5 Å². The van der Waals surface area contributed by atoms with Crippen LogP contribution in [0, 0.1) is 5.92 Å². The summed E-state index contributed by atoms with van der Waals surface area (Å²) in [5.74, 6) is 1.46. The quantitative estimate of drug-likeness (QED) is 0.701. The van der Waals surface area contributed by atoms with E-state index in [1.807, 2.05) is 24.3 Å². The molecule has 1 saturated carbocycles. The summed E-state index contributed by atoms with van der Waals surface area (Å²) in [7, 11) is 0. The van der Waals surface area contributed by atoms with Gasteiger partial charge in [0.05, 0.1) is 5.56 Å². The summed E-state index contributed by atoms with van der Waals surface area (Å²) in [5.41, 5.74) is 1.56. The van der Waals surface area contributed by atoms with E-state index in [2.05, 4.69) is 6.08 Å². The van der Waals surface area contributed by atoms with Crippen LogP contribution in [0.5, 0.6) is 5.75 Å². The first kappa shape index (κ1) is 11.5. The van der Waals surface area contributed by atoms with E-state index in [0.717, 1.165) is 11.3 Å². The topological polar surface area (TPSA) is 26.3 Å². The number of para-hydroxylation sites is 1. The number of allylic oxidation sites excluding steroid dienone is 1. The van der Waals surface area contributed by atoms with Gasteiger partial charge in [0.25, 0.3) is 0 Å². The van der Waals surface area contributed by atoms with Crippen molar-refractivity contribution >= 4 is 5.78 Å². The van der Waals surface area contributed by atoms with Crippen molar-refractivity contribution in [2.45, 2.75) is 32.1 Å². The number of benzene rings is 1. The molecule has 2 heteroatoms. The summed E-state index contributed by atoms with van der Waals surface area (Å²) in [6, 6.07) is 7.52. The molecule has 18 heavy (non-hydrogen) atoms. The first-order valence-corrected chi connectivity index (χ1v) is 6.82. The first-order valence-electron chi connectivity index (χ1n) is 6.82. The van der Waals surface area contributed by atoms with Crippen LogP contribution in [-0.4, -0.2) is 12.4 Å². The standard InChI is InChI=1S/C16H18O2/c17-16-13(10-12-6-2-1-3-7-12)11-18-15-9-5-4-8-14(15)16/h4-5,8-10,12H,1-3,6-7,11H2/b13-10+. The molecule has 0 spiro atoms. The van der Waals surface area contributed by atoms with E-state index in [9.17, 15) is 4.79 Å². The summed E-state index contributed by atoms with van der Waals surface area (Å²) in [5, 5.41) is 0. The molecule has 1 aliphatic carbocycles. The van der Waals surface area contributed by atoms with Gasteiger partial charge in [-0.15, -0.1) is 0 Å². The highest BCUT2D eigenvalue weighted by Gasteiger charge is 2.24. The molecule has 0 radical (unpaired) electrons. The van der Waals surface area contributed by atoms with Gasteiger partial charge < -0.3 is 4.74 Å². The molecule has 0 bridgehead atoms. The van der Waals surface area contributed by atoms with E-state index in [0.29, 0.717) is 18.1 Å². The van der Waals surface area contributed by atoms with Crippen molar-refractivity contribution in [2.24, 2.45) is 5.92 Å². The fourth-order valence-electron chi connectivity index (χ4n) is 2.88. The Morgan fingerprint density at radius 2 is 1.89 bits per heavy atom. The molecular weight excluding hydrogens is 224 g/mol. The van der Waals surface area contributed by atoms with E-state index in [4.69, 9.17) is 4.74 Å². The smallest absolute Gasteiger partial charge is 0.195 e. The van der Waals surface area contributed by atoms with Crippen molar-refractivity contribution in [1.82, 2.24) is 0 Å². The average molecular weight is 242 g/mol. The van der Waals surface area contributed by atoms with Crippen molar-refractivity contribution in [2.75, 3.05) is 6.61 Å². The zero-order valence-corrected chi connectivity index (χ0v) is 10.5. The number of Topliss-reactive ketones (excluding diaryl/α,β-unsaturated/α-hetero) is 1. The molecule has 0 saturated heterocycles. The highest BCUT2D eigenvalue weighted by molar-refractivity contribution is 6.11. The van der Waals surface area contributed by atoms with Crippen molar-refractivity contribution < 1.29 is 9.53 Å². The Kier molecular flexibility index (Phi) is 3.18. The Bertz CT molecular complexity index is 482. The van der Waals surface area contributed by atoms with Crippen LogP contribution in [-0.2, 0) is 0 Å². The lowest BCUT2D eigenvalue weighted by atomic mass is 9.86. The number of rotatable bonds is 1. The number of carbonyl (C=O) groups excluding carboxylic acids is 1. The number of fused-ring (bicyclic) bond motifs is 1. The zero-order valence-electron chi connectivity index (χ0n) is 10.5. The minimum atomic E-state index is 0.155. The van der Waals surface area contributed by atoms with E-state index in [1.54, 1.807) is 0 Å². The van der Waals surface area contributed by atoms with Crippen LogP contribution in [0.25, 0.3) is 0 Å². The van der Waals surface area contributed by atoms with Gasteiger partial charge in [0.15, 0.2) is 5.78 Å². The van der Waals surface area contributed by atoms with Gasteiger partial charge in [-0.05, 0) is 30.9 Å².